The van der Waals surface area contributed by atoms with Crippen LogP contribution in [0, 0.1) is 5.92 Å². The molecule has 7 nitrogen and oxygen atoms in total. The predicted molar refractivity (Wildman–Crippen MR) is 135 cm³/mol. The number of benzene rings is 3. The van der Waals surface area contributed by atoms with E-state index in [4.69, 9.17) is 21.7 Å². The van der Waals surface area contributed by atoms with Gasteiger partial charge >= 0.3 is 0 Å². The maximum Gasteiger partial charge on any atom is 0.273 e. The molecule has 0 spiro atoms. The first kappa shape index (κ1) is 24.7. The van der Waals surface area contributed by atoms with Crippen LogP contribution in [0.25, 0.3) is 0 Å². The van der Waals surface area contributed by atoms with Gasteiger partial charge in [-0.2, -0.15) is 0 Å². The van der Waals surface area contributed by atoms with Crippen molar-refractivity contribution in [3.8, 4) is 11.5 Å². The maximum absolute atomic E-state index is 12.6. The third-order valence-corrected chi connectivity index (χ3v) is 4.79. The van der Waals surface area contributed by atoms with Gasteiger partial charge in [0.25, 0.3) is 11.8 Å². The lowest BCUT2D eigenvalue weighted by molar-refractivity contribution is 0.0930. The number of rotatable bonds is 8. The molecule has 0 saturated heterocycles. The number of amides is 2. The zero-order valence-electron chi connectivity index (χ0n) is 19.0. The average Bonchev–Trinajstić information content (AvgIpc) is 2.86. The van der Waals surface area contributed by atoms with Crippen LogP contribution in [0.3, 0.4) is 0 Å². The standard InChI is InChI=1S/C26H27N3O4S/c1-18(2)16-32-21-14-12-20(13-15-21)24(30)27-26(34)29-28-25(31)22-10-6-7-11-23(22)33-17-19-8-4-3-5-9-19/h3-15,18H,16-17H2,1-2H3,(H,28,31)(H2,27,29,30,34). The number of carbonyl (C=O) groups is 2. The summed E-state index contributed by atoms with van der Waals surface area (Å²) in [6.45, 7) is 5.05. The van der Waals surface area contributed by atoms with Gasteiger partial charge in [-0.25, -0.2) is 0 Å². The fraction of sp³-hybridized carbons (Fsp3) is 0.192. The van der Waals surface area contributed by atoms with Crippen LogP contribution in [0.4, 0.5) is 0 Å². The average molecular weight is 478 g/mol. The number of hydrazine groups is 1. The van der Waals surface area contributed by atoms with Gasteiger partial charge in [-0.05, 0) is 60.1 Å². The number of nitrogens with one attached hydrogen (secondary N) is 3. The zero-order valence-corrected chi connectivity index (χ0v) is 19.9. The molecule has 3 N–H and O–H groups in total. The van der Waals surface area contributed by atoms with Gasteiger partial charge in [-0.3, -0.25) is 25.8 Å². The largest absolute Gasteiger partial charge is 0.493 e. The molecule has 0 unspecified atom stereocenters. The topological polar surface area (TPSA) is 88.7 Å². The Hall–Kier alpha value is -3.91. The van der Waals surface area contributed by atoms with Crippen molar-refractivity contribution >= 4 is 29.1 Å². The Labute approximate surface area is 204 Å². The highest BCUT2D eigenvalue weighted by Crippen LogP contribution is 2.19. The molecule has 0 saturated carbocycles. The summed E-state index contributed by atoms with van der Waals surface area (Å²) < 4.78 is 11.4. The Bertz CT molecular complexity index is 1120. The Morgan fingerprint density at radius 3 is 2.21 bits per heavy atom. The number of hydrogen-bond donors (Lipinski definition) is 3. The lowest BCUT2D eigenvalue weighted by atomic mass is 10.2. The first-order chi connectivity index (χ1) is 16.4. The molecule has 3 aromatic rings. The van der Waals surface area contributed by atoms with Crippen LogP contribution in [0.2, 0.25) is 0 Å². The Morgan fingerprint density at radius 1 is 0.824 bits per heavy atom. The van der Waals surface area contributed by atoms with Crippen molar-refractivity contribution in [2.75, 3.05) is 6.61 Å². The first-order valence-electron chi connectivity index (χ1n) is 10.8. The Kier molecular flexibility index (Phi) is 8.99. The molecule has 3 rings (SSSR count). The van der Waals surface area contributed by atoms with E-state index in [0.29, 0.717) is 41.8 Å². The molecule has 0 atom stereocenters. The molecule has 0 aliphatic carbocycles. The normalized spacial score (nSPS) is 10.3. The molecule has 3 aromatic carbocycles. The number of ether oxygens (including phenoxy) is 2. The second-order valence-electron chi connectivity index (χ2n) is 7.86. The molecule has 0 radical (unpaired) electrons. The summed E-state index contributed by atoms with van der Waals surface area (Å²) >= 11 is 5.13. The van der Waals surface area contributed by atoms with Gasteiger partial charge in [-0.1, -0.05) is 56.3 Å². The molecule has 2 amide bonds. The quantitative estimate of drug-likeness (QED) is 0.332. The number of thiocarbonyl (C=S) groups is 1. The molecular formula is C26H27N3O4S. The van der Waals surface area contributed by atoms with E-state index in [-0.39, 0.29) is 5.11 Å². The molecule has 0 aromatic heterocycles. The fourth-order valence-corrected chi connectivity index (χ4v) is 3.01. The number of para-hydroxylation sites is 1. The van der Waals surface area contributed by atoms with Gasteiger partial charge in [0.2, 0.25) is 0 Å². The van der Waals surface area contributed by atoms with Gasteiger partial charge in [-0.15, -0.1) is 0 Å². The third kappa shape index (κ3) is 7.60. The lowest BCUT2D eigenvalue weighted by Crippen LogP contribution is -2.48. The van der Waals surface area contributed by atoms with E-state index in [0.717, 1.165) is 5.56 Å². The summed E-state index contributed by atoms with van der Waals surface area (Å²) in [5.41, 5.74) is 6.76. The minimum atomic E-state index is -0.452. The van der Waals surface area contributed by atoms with Crippen molar-refractivity contribution in [1.29, 1.82) is 0 Å². The van der Waals surface area contributed by atoms with E-state index in [1.54, 1.807) is 48.5 Å². The van der Waals surface area contributed by atoms with Crippen LogP contribution in [0.15, 0.2) is 78.9 Å². The molecule has 0 bridgehead atoms. The summed E-state index contributed by atoms with van der Waals surface area (Å²) in [5.74, 6) is 0.663. The van der Waals surface area contributed by atoms with Crippen molar-refractivity contribution in [1.82, 2.24) is 16.2 Å². The molecular weight excluding hydrogens is 450 g/mol. The van der Waals surface area contributed by atoms with E-state index >= 15 is 0 Å². The van der Waals surface area contributed by atoms with E-state index in [9.17, 15) is 9.59 Å². The van der Waals surface area contributed by atoms with Crippen LogP contribution in [0.5, 0.6) is 11.5 Å². The summed E-state index contributed by atoms with van der Waals surface area (Å²) in [4.78, 5) is 25.1. The van der Waals surface area contributed by atoms with Crippen molar-refractivity contribution in [2.45, 2.75) is 20.5 Å². The second kappa shape index (κ2) is 12.4. The van der Waals surface area contributed by atoms with Gasteiger partial charge in [0.15, 0.2) is 5.11 Å². The van der Waals surface area contributed by atoms with Crippen LogP contribution in [-0.4, -0.2) is 23.5 Å². The minimum Gasteiger partial charge on any atom is -0.493 e. The monoisotopic (exact) mass is 477 g/mol. The lowest BCUT2D eigenvalue weighted by Gasteiger charge is -2.14. The first-order valence-corrected chi connectivity index (χ1v) is 11.2. The minimum absolute atomic E-state index is 0.0406. The van der Waals surface area contributed by atoms with Crippen LogP contribution in [0.1, 0.15) is 40.1 Å². The number of hydrogen-bond acceptors (Lipinski definition) is 5. The van der Waals surface area contributed by atoms with Gasteiger partial charge < -0.3 is 9.47 Å². The fourth-order valence-electron chi connectivity index (χ4n) is 2.87. The SMILES string of the molecule is CC(C)COc1ccc(C(=O)NC(=S)NNC(=O)c2ccccc2OCc2ccccc2)cc1. The number of carbonyl (C=O) groups excluding carboxylic acids is 2. The molecule has 8 heteroatoms. The summed E-state index contributed by atoms with van der Waals surface area (Å²) in [5, 5.41) is 2.49. The van der Waals surface area contributed by atoms with Crippen molar-refractivity contribution in [3.05, 3.63) is 95.6 Å². The van der Waals surface area contributed by atoms with E-state index in [2.05, 4.69) is 30.0 Å². The van der Waals surface area contributed by atoms with Crippen molar-refractivity contribution < 1.29 is 19.1 Å². The van der Waals surface area contributed by atoms with Crippen LogP contribution < -0.4 is 25.6 Å². The van der Waals surface area contributed by atoms with Crippen LogP contribution in [-0.2, 0) is 6.61 Å². The summed E-state index contributed by atoms with van der Waals surface area (Å²) in [6, 6.07) is 23.3. The van der Waals surface area contributed by atoms with Gasteiger partial charge in [0.1, 0.15) is 18.1 Å². The van der Waals surface area contributed by atoms with E-state index < -0.39 is 11.8 Å². The Morgan fingerprint density at radius 2 is 1.50 bits per heavy atom. The molecule has 0 fully saturated rings. The summed E-state index contributed by atoms with van der Waals surface area (Å²) in [6.07, 6.45) is 0. The van der Waals surface area contributed by atoms with Crippen molar-refractivity contribution in [3.63, 3.8) is 0 Å². The smallest absolute Gasteiger partial charge is 0.273 e. The zero-order chi connectivity index (χ0) is 24.3. The molecule has 0 aliphatic heterocycles. The van der Waals surface area contributed by atoms with E-state index in [1.807, 2.05) is 30.3 Å². The Balaban J connectivity index is 1.50. The van der Waals surface area contributed by atoms with E-state index in [1.165, 1.54) is 0 Å². The maximum atomic E-state index is 12.6. The highest BCUT2D eigenvalue weighted by molar-refractivity contribution is 7.80. The third-order valence-electron chi connectivity index (χ3n) is 4.59. The van der Waals surface area contributed by atoms with Gasteiger partial charge in [0.05, 0.1) is 12.2 Å². The highest BCUT2D eigenvalue weighted by Gasteiger charge is 2.14. The molecule has 0 aliphatic rings. The highest BCUT2D eigenvalue weighted by atomic mass is 32.1. The van der Waals surface area contributed by atoms with Crippen LogP contribution >= 0.6 is 12.2 Å². The van der Waals surface area contributed by atoms with Crippen molar-refractivity contribution in [2.24, 2.45) is 5.92 Å². The second-order valence-corrected chi connectivity index (χ2v) is 8.27. The van der Waals surface area contributed by atoms with Gasteiger partial charge in [0, 0.05) is 5.56 Å². The summed E-state index contributed by atoms with van der Waals surface area (Å²) in [7, 11) is 0. The molecule has 176 valence electrons. The molecule has 0 heterocycles. The molecule has 34 heavy (non-hydrogen) atoms. The predicted octanol–water partition coefficient (Wildman–Crippen LogP) is 4.25.